The van der Waals surface area contributed by atoms with E-state index in [0.29, 0.717) is 24.3 Å². The van der Waals surface area contributed by atoms with Crippen LogP contribution in [-0.4, -0.2) is 86.4 Å². The summed E-state index contributed by atoms with van der Waals surface area (Å²) in [6.45, 7) is 5.81. The van der Waals surface area contributed by atoms with E-state index in [-0.39, 0.29) is 12.1 Å². The van der Waals surface area contributed by atoms with Crippen molar-refractivity contribution >= 4 is 45.5 Å². The number of azide groups is 1. The number of rotatable bonds is 5. The Morgan fingerprint density at radius 3 is 1.95 bits per heavy atom. The number of H-pyrrole nitrogens is 2. The van der Waals surface area contributed by atoms with Gasteiger partial charge in [0.05, 0.1) is 29.5 Å². The maximum Gasteiger partial charge on any atom is 0.232 e. The van der Waals surface area contributed by atoms with Crippen molar-refractivity contribution < 1.29 is 0 Å². The van der Waals surface area contributed by atoms with Crippen LogP contribution >= 0.6 is 0 Å². The highest BCUT2D eigenvalue weighted by Crippen LogP contribution is 2.30. The summed E-state index contributed by atoms with van der Waals surface area (Å²) < 4.78 is 4.06. The molecule has 0 unspecified atom stereocenters. The van der Waals surface area contributed by atoms with Gasteiger partial charge in [-0.2, -0.15) is 0 Å². The number of nitrogens with two attached hydrogens (primary N) is 1. The zero-order chi connectivity index (χ0) is 28.8. The molecule has 0 radical (unpaired) electrons. The molecule has 2 saturated heterocycles. The molecule has 6 aromatic heterocycles. The van der Waals surface area contributed by atoms with Crippen LogP contribution in [0.2, 0.25) is 0 Å². The van der Waals surface area contributed by atoms with Gasteiger partial charge in [-0.3, -0.25) is 8.80 Å². The molecule has 0 amide bonds. The Morgan fingerprint density at radius 1 is 0.857 bits per heavy atom. The van der Waals surface area contributed by atoms with Crippen molar-refractivity contribution in [3.05, 3.63) is 47.4 Å². The van der Waals surface area contributed by atoms with Crippen LogP contribution in [0.4, 0.5) is 11.9 Å². The highest BCUT2D eigenvalue weighted by Gasteiger charge is 2.34. The van der Waals surface area contributed by atoms with Gasteiger partial charge in [0.2, 0.25) is 11.9 Å². The molecular weight excluding hydrogens is 536 g/mol. The van der Waals surface area contributed by atoms with Crippen LogP contribution in [0.25, 0.3) is 44.1 Å². The van der Waals surface area contributed by atoms with Gasteiger partial charge in [-0.25, -0.2) is 9.97 Å². The number of anilines is 2. The van der Waals surface area contributed by atoms with E-state index in [1.807, 2.05) is 28.9 Å². The highest BCUT2D eigenvalue weighted by atomic mass is 15.4. The summed E-state index contributed by atoms with van der Waals surface area (Å²) in [5.74, 6) is 1.65. The molecule has 2 aliphatic heterocycles. The van der Waals surface area contributed by atoms with E-state index >= 15 is 0 Å². The molecule has 0 aliphatic carbocycles. The first-order valence-corrected chi connectivity index (χ1v) is 14.3. The second kappa shape index (κ2) is 10.5. The van der Waals surface area contributed by atoms with Gasteiger partial charge < -0.3 is 25.5 Å². The predicted octanol–water partition coefficient (Wildman–Crippen LogP) is 3.19. The van der Waals surface area contributed by atoms with E-state index < -0.39 is 0 Å². The number of hydrogen-bond acceptors (Lipinski definition) is 10. The predicted molar refractivity (Wildman–Crippen MR) is 158 cm³/mol. The molecule has 0 bridgehead atoms. The molecule has 0 saturated carbocycles. The molecule has 4 atom stereocenters. The van der Waals surface area contributed by atoms with Gasteiger partial charge in [0.25, 0.3) is 0 Å². The van der Waals surface area contributed by atoms with E-state index in [1.54, 1.807) is 12.4 Å². The molecule has 8 rings (SSSR count). The molecule has 42 heavy (non-hydrogen) atoms. The number of aromatic nitrogens is 10. The maximum absolute atomic E-state index is 8.68. The molecule has 16 heteroatoms. The molecule has 6 aromatic rings. The lowest BCUT2D eigenvalue weighted by molar-refractivity contribution is 0.616. The fourth-order valence-corrected chi connectivity index (χ4v) is 6.36. The zero-order valence-electron chi connectivity index (χ0n) is 23.4. The van der Waals surface area contributed by atoms with Crippen molar-refractivity contribution in [3.63, 3.8) is 0 Å². The highest BCUT2D eigenvalue weighted by molar-refractivity contribution is 5.77. The van der Waals surface area contributed by atoms with Crippen LogP contribution in [-0.2, 0) is 0 Å². The van der Waals surface area contributed by atoms with Crippen LogP contribution in [0, 0.1) is 0 Å². The summed E-state index contributed by atoms with van der Waals surface area (Å²) in [4.78, 5) is 22.3. The van der Waals surface area contributed by atoms with Gasteiger partial charge in [0.15, 0.2) is 22.6 Å². The van der Waals surface area contributed by atoms with Gasteiger partial charge >= 0.3 is 0 Å². The molecule has 2 aliphatic rings. The fourth-order valence-electron chi connectivity index (χ4n) is 6.36. The molecule has 16 nitrogen and oxygen atoms in total. The molecular formula is C26H32N16. The Bertz CT molecular complexity index is 1910. The van der Waals surface area contributed by atoms with Gasteiger partial charge in [-0.05, 0) is 43.3 Å². The molecule has 0 spiro atoms. The third-order valence-electron chi connectivity index (χ3n) is 8.36. The Labute approximate surface area is 239 Å². The fraction of sp³-hybridized carbons (Fsp3) is 0.462. The topological polar surface area (TPSA) is 199 Å². The number of nitrogens with one attached hydrogen (secondary N) is 2. The summed E-state index contributed by atoms with van der Waals surface area (Å²) in [5.41, 5.74) is 19.9. The first-order chi connectivity index (χ1) is 20.6. The van der Waals surface area contributed by atoms with E-state index in [0.717, 1.165) is 72.1 Å². The number of fused-ring (bicyclic) bond motifs is 6. The number of nitrogens with zero attached hydrogens (tertiary/aromatic N) is 13. The average Bonchev–Trinajstić information content (AvgIpc) is 3.83. The van der Waals surface area contributed by atoms with Gasteiger partial charge in [-0.15, -0.1) is 20.4 Å². The quantitative estimate of drug-likeness (QED) is 0.159. The van der Waals surface area contributed by atoms with Crippen molar-refractivity contribution in [1.29, 1.82) is 0 Å². The van der Waals surface area contributed by atoms with Gasteiger partial charge in [-0.1, -0.05) is 19.0 Å². The lowest BCUT2D eigenvalue weighted by Gasteiger charge is -2.23. The zero-order valence-corrected chi connectivity index (χ0v) is 23.4. The van der Waals surface area contributed by atoms with E-state index in [2.05, 4.69) is 78.4 Å². The average molecular weight is 569 g/mol. The van der Waals surface area contributed by atoms with Crippen LogP contribution in [0.5, 0.6) is 0 Å². The largest absolute Gasteiger partial charge is 0.345 e. The lowest BCUT2D eigenvalue weighted by Crippen LogP contribution is -2.32. The first-order valence-electron chi connectivity index (χ1n) is 14.3. The van der Waals surface area contributed by atoms with Crippen LogP contribution < -0.4 is 15.5 Å². The smallest absolute Gasteiger partial charge is 0.232 e. The monoisotopic (exact) mass is 568 g/mol. The first kappa shape index (κ1) is 26.0. The maximum atomic E-state index is 8.68. The van der Waals surface area contributed by atoms with E-state index in [1.165, 1.54) is 0 Å². The molecule has 216 valence electrons. The molecule has 2 fully saturated rings. The third kappa shape index (κ3) is 4.23. The van der Waals surface area contributed by atoms with E-state index in [9.17, 15) is 0 Å². The van der Waals surface area contributed by atoms with Crippen LogP contribution in [0.1, 0.15) is 39.5 Å². The van der Waals surface area contributed by atoms with Gasteiger partial charge in [0.1, 0.15) is 0 Å². The van der Waals surface area contributed by atoms with E-state index in [4.69, 9.17) is 11.3 Å². The van der Waals surface area contributed by atoms with Crippen LogP contribution in [0.15, 0.2) is 42.0 Å². The SMILES string of the molecule is CC[C@@H]1C[C@H](N)CN1c1nnc2cnc3[nH]ccc3n12.CC[C@@H]1C[C@H](N=[N+]=[N-])CN1c1nnc2cnc3[nH]ccc3n12. The van der Waals surface area contributed by atoms with Crippen molar-refractivity contribution in [2.45, 2.75) is 63.7 Å². The Hall–Kier alpha value is -4.95. The number of hydrogen-bond donors (Lipinski definition) is 3. The van der Waals surface area contributed by atoms with Crippen LogP contribution in [0.3, 0.4) is 0 Å². The minimum absolute atomic E-state index is 0.0224. The Balaban J connectivity index is 0.000000138. The Kier molecular flexibility index (Phi) is 6.47. The number of aromatic amines is 2. The summed E-state index contributed by atoms with van der Waals surface area (Å²) in [5, 5.41) is 21.1. The summed E-state index contributed by atoms with van der Waals surface area (Å²) in [6, 6.07) is 4.87. The van der Waals surface area contributed by atoms with Crippen molar-refractivity contribution in [2.75, 3.05) is 22.9 Å². The summed E-state index contributed by atoms with van der Waals surface area (Å²) >= 11 is 0. The lowest BCUT2D eigenvalue weighted by atomic mass is 10.1. The minimum Gasteiger partial charge on any atom is -0.345 e. The molecule has 8 heterocycles. The minimum atomic E-state index is -0.0224. The Morgan fingerprint density at radius 2 is 1.40 bits per heavy atom. The standard InChI is InChI=1S/C13H15N9.C13H17N7/c1-2-9-5-8(17-20-14)7-21(9)13-19-18-11-6-16-12-10(22(11)13)3-4-15-12;1-2-9-5-8(14)7-19(9)13-18-17-11-6-16-12-10(20(11)13)3-4-15-12/h3-4,6,8-9,15H,2,5,7H2,1H3;3-4,6,8-9,15H,2,5,7,14H2,1H3/t2*8-,9+/m00/s1. The summed E-state index contributed by atoms with van der Waals surface area (Å²) in [7, 11) is 0. The molecule has 0 aromatic carbocycles. The third-order valence-corrected chi connectivity index (χ3v) is 8.36. The second-order valence-electron chi connectivity index (χ2n) is 10.8. The molecule has 4 N–H and O–H groups in total. The normalized spacial score (nSPS) is 22.4. The van der Waals surface area contributed by atoms with Crippen molar-refractivity contribution in [1.82, 2.24) is 49.1 Å². The van der Waals surface area contributed by atoms with Crippen molar-refractivity contribution in [3.8, 4) is 0 Å². The summed E-state index contributed by atoms with van der Waals surface area (Å²) in [6.07, 6.45) is 11.1. The second-order valence-corrected chi connectivity index (χ2v) is 10.8. The van der Waals surface area contributed by atoms with Crippen molar-refractivity contribution in [2.24, 2.45) is 10.8 Å². The van der Waals surface area contributed by atoms with Gasteiger partial charge in [0, 0.05) is 48.5 Å².